The average Bonchev–Trinajstić information content (AvgIpc) is 2.37. The average molecular weight is 258 g/mol. The van der Waals surface area contributed by atoms with Crippen molar-refractivity contribution in [3.63, 3.8) is 0 Å². The summed E-state index contributed by atoms with van der Waals surface area (Å²) in [5.41, 5.74) is 2.48. The van der Waals surface area contributed by atoms with E-state index in [4.69, 9.17) is 4.74 Å². The van der Waals surface area contributed by atoms with Crippen molar-refractivity contribution < 1.29 is 13.9 Å². The molecule has 0 saturated carbocycles. The molecule has 0 bridgehead atoms. The number of methoxy groups -OCH3 is 1. The summed E-state index contributed by atoms with van der Waals surface area (Å²) in [5.74, 6) is -0.868. The molecule has 0 radical (unpaired) electrons. The molecule has 0 fully saturated rings. The van der Waals surface area contributed by atoms with E-state index in [-0.39, 0.29) is 17.1 Å². The molecule has 19 heavy (non-hydrogen) atoms. The van der Waals surface area contributed by atoms with Crippen molar-refractivity contribution >= 4 is 5.78 Å². The van der Waals surface area contributed by atoms with Gasteiger partial charge in [-0.25, -0.2) is 4.39 Å². The quantitative estimate of drug-likeness (QED) is 0.785. The van der Waals surface area contributed by atoms with Crippen LogP contribution in [0.1, 0.15) is 27.0 Å². The molecule has 0 unspecified atom stereocenters. The first-order valence-electron chi connectivity index (χ1n) is 5.98. The van der Waals surface area contributed by atoms with Gasteiger partial charge >= 0.3 is 0 Å². The molecule has 0 N–H and O–H groups in total. The lowest BCUT2D eigenvalue weighted by atomic mass is 9.99. The molecule has 0 spiro atoms. The first kappa shape index (κ1) is 13.3. The van der Waals surface area contributed by atoms with Crippen molar-refractivity contribution in [3.8, 4) is 5.75 Å². The van der Waals surface area contributed by atoms with Crippen LogP contribution in [0, 0.1) is 19.7 Å². The summed E-state index contributed by atoms with van der Waals surface area (Å²) >= 11 is 0. The second-order valence-corrected chi connectivity index (χ2v) is 4.53. The van der Waals surface area contributed by atoms with Crippen LogP contribution in [0.25, 0.3) is 0 Å². The van der Waals surface area contributed by atoms with Crippen molar-refractivity contribution in [2.45, 2.75) is 13.8 Å². The van der Waals surface area contributed by atoms with Gasteiger partial charge in [-0.15, -0.1) is 0 Å². The maximum Gasteiger partial charge on any atom is 0.196 e. The molecular formula is C16H15FO2. The Morgan fingerprint density at radius 1 is 1.11 bits per heavy atom. The van der Waals surface area contributed by atoms with Crippen LogP contribution in [0.5, 0.6) is 5.75 Å². The Morgan fingerprint density at radius 2 is 1.74 bits per heavy atom. The van der Waals surface area contributed by atoms with E-state index in [1.807, 2.05) is 19.9 Å². The number of ketones is 1. The van der Waals surface area contributed by atoms with Gasteiger partial charge in [-0.05, 0) is 38.1 Å². The lowest BCUT2D eigenvalue weighted by Gasteiger charge is -2.08. The highest BCUT2D eigenvalue weighted by Crippen LogP contribution is 2.23. The summed E-state index contributed by atoms with van der Waals surface area (Å²) in [6, 6.07) is 10.1. The fourth-order valence-corrected chi connectivity index (χ4v) is 2.11. The predicted octanol–water partition coefficient (Wildman–Crippen LogP) is 3.68. The number of halogens is 1. The zero-order chi connectivity index (χ0) is 14.0. The molecule has 0 aliphatic carbocycles. The molecule has 0 atom stereocenters. The van der Waals surface area contributed by atoms with Crippen LogP contribution < -0.4 is 4.74 Å². The van der Waals surface area contributed by atoms with E-state index in [0.717, 1.165) is 11.1 Å². The number of carbonyl (C=O) groups excluding carboxylic acids is 1. The van der Waals surface area contributed by atoms with Gasteiger partial charge in [-0.1, -0.05) is 23.3 Å². The Bertz CT molecular complexity index is 612. The van der Waals surface area contributed by atoms with Gasteiger partial charge in [-0.2, -0.15) is 0 Å². The van der Waals surface area contributed by atoms with E-state index in [1.165, 1.54) is 19.2 Å². The minimum atomic E-state index is -0.617. The maximum absolute atomic E-state index is 14.1. The maximum atomic E-state index is 14.1. The van der Waals surface area contributed by atoms with E-state index in [1.54, 1.807) is 18.2 Å². The third-order valence-electron chi connectivity index (χ3n) is 2.91. The smallest absolute Gasteiger partial charge is 0.196 e. The van der Waals surface area contributed by atoms with Crippen molar-refractivity contribution in [1.82, 2.24) is 0 Å². The standard InChI is InChI=1S/C16H15FO2/c1-10-7-11(2)9-12(8-10)16(18)13-5-4-6-14(19-3)15(13)17/h4-9H,1-3H3. The lowest BCUT2D eigenvalue weighted by Crippen LogP contribution is -2.06. The third kappa shape index (κ3) is 2.65. The van der Waals surface area contributed by atoms with Gasteiger partial charge in [0.25, 0.3) is 0 Å². The van der Waals surface area contributed by atoms with Gasteiger partial charge in [0, 0.05) is 5.56 Å². The summed E-state index contributed by atoms with van der Waals surface area (Å²) in [4.78, 5) is 12.3. The molecule has 3 heteroatoms. The SMILES string of the molecule is COc1cccc(C(=O)c2cc(C)cc(C)c2)c1F. The largest absolute Gasteiger partial charge is 0.494 e. The van der Waals surface area contributed by atoms with Crippen molar-refractivity contribution in [2.24, 2.45) is 0 Å². The van der Waals surface area contributed by atoms with Crippen LogP contribution in [0.3, 0.4) is 0 Å². The zero-order valence-corrected chi connectivity index (χ0v) is 11.2. The van der Waals surface area contributed by atoms with Crippen LogP contribution in [0.2, 0.25) is 0 Å². The second-order valence-electron chi connectivity index (χ2n) is 4.53. The zero-order valence-electron chi connectivity index (χ0n) is 11.2. The molecule has 98 valence electrons. The Labute approximate surface area is 111 Å². The van der Waals surface area contributed by atoms with Gasteiger partial charge in [-0.3, -0.25) is 4.79 Å². The first-order valence-corrected chi connectivity index (χ1v) is 5.98. The monoisotopic (exact) mass is 258 g/mol. The number of benzene rings is 2. The topological polar surface area (TPSA) is 26.3 Å². The highest BCUT2D eigenvalue weighted by Gasteiger charge is 2.17. The first-order chi connectivity index (χ1) is 9.02. The van der Waals surface area contributed by atoms with Crippen LogP contribution in [0.15, 0.2) is 36.4 Å². The molecule has 2 rings (SSSR count). The molecule has 0 aromatic heterocycles. The van der Waals surface area contributed by atoms with Crippen LogP contribution in [-0.4, -0.2) is 12.9 Å². The van der Waals surface area contributed by atoms with Gasteiger partial charge in [0.05, 0.1) is 12.7 Å². The number of rotatable bonds is 3. The third-order valence-corrected chi connectivity index (χ3v) is 2.91. The minimum Gasteiger partial charge on any atom is -0.494 e. The number of hydrogen-bond acceptors (Lipinski definition) is 2. The fraction of sp³-hybridized carbons (Fsp3) is 0.188. The summed E-state index contributed by atoms with van der Waals surface area (Å²) in [6.45, 7) is 3.82. The molecule has 2 aromatic rings. The molecule has 0 saturated heterocycles. The molecule has 0 aliphatic rings. The highest BCUT2D eigenvalue weighted by molar-refractivity contribution is 6.09. The number of aryl methyl sites for hydroxylation is 2. The molecular weight excluding hydrogens is 243 g/mol. The van der Waals surface area contributed by atoms with E-state index >= 15 is 0 Å². The molecule has 0 heterocycles. The van der Waals surface area contributed by atoms with Crippen molar-refractivity contribution in [1.29, 1.82) is 0 Å². The summed E-state index contributed by atoms with van der Waals surface area (Å²) < 4.78 is 19.0. The van der Waals surface area contributed by atoms with E-state index in [2.05, 4.69) is 0 Å². The van der Waals surface area contributed by atoms with E-state index < -0.39 is 5.82 Å². The second kappa shape index (κ2) is 5.22. The molecule has 2 aromatic carbocycles. The van der Waals surface area contributed by atoms with Crippen molar-refractivity contribution in [3.05, 3.63) is 64.5 Å². The van der Waals surface area contributed by atoms with Gasteiger partial charge in [0.15, 0.2) is 17.3 Å². The Morgan fingerprint density at radius 3 is 2.32 bits per heavy atom. The Balaban J connectivity index is 2.50. The van der Waals surface area contributed by atoms with Crippen LogP contribution in [0.4, 0.5) is 4.39 Å². The summed E-state index contributed by atoms with van der Waals surface area (Å²) in [7, 11) is 1.38. The Kier molecular flexibility index (Phi) is 3.65. The van der Waals surface area contributed by atoms with Crippen LogP contribution >= 0.6 is 0 Å². The predicted molar refractivity (Wildman–Crippen MR) is 72.3 cm³/mol. The molecule has 0 amide bonds. The van der Waals surface area contributed by atoms with E-state index in [0.29, 0.717) is 5.56 Å². The van der Waals surface area contributed by atoms with Gasteiger partial charge in [0.1, 0.15) is 0 Å². The summed E-state index contributed by atoms with van der Waals surface area (Å²) in [5, 5.41) is 0. The highest BCUT2D eigenvalue weighted by atomic mass is 19.1. The van der Waals surface area contributed by atoms with Crippen molar-refractivity contribution in [2.75, 3.05) is 7.11 Å². The lowest BCUT2D eigenvalue weighted by molar-refractivity contribution is 0.103. The number of ether oxygens (including phenoxy) is 1. The van der Waals surface area contributed by atoms with Gasteiger partial charge < -0.3 is 4.74 Å². The number of hydrogen-bond donors (Lipinski definition) is 0. The molecule has 0 aliphatic heterocycles. The minimum absolute atomic E-state index is 0.0318. The normalized spacial score (nSPS) is 10.3. The van der Waals surface area contributed by atoms with Gasteiger partial charge in [0.2, 0.25) is 0 Å². The van der Waals surface area contributed by atoms with Crippen LogP contribution in [-0.2, 0) is 0 Å². The number of carbonyl (C=O) groups is 1. The van der Waals surface area contributed by atoms with E-state index in [9.17, 15) is 9.18 Å². The molecule has 2 nitrogen and oxygen atoms in total. The fourth-order valence-electron chi connectivity index (χ4n) is 2.11. The summed E-state index contributed by atoms with van der Waals surface area (Å²) in [6.07, 6.45) is 0. The Hall–Kier alpha value is -2.16.